The number of carbonyl (C=O) groups is 1. The van der Waals surface area contributed by atoms with Gasteiger partial charge in [-0.1, -0.05) is 24.3 Å². The number of halogens is 2. The van der Waals surface area contributed by atoms with E-state index in [1.165, 1.54) is 25.0 Å². The Balaban J connectivity index is 1.27. The predicted octanol–water partition coefficient (Wildman–Crippen LogP) is 4.40. The first-order chi connectivity index (χ1) is 18.9. The normalized spacial score (nSPS) is 19.5. The predicted molar refractivity (Wildman–Crippen MR) is 144 cm³/mol. The summed E-state index contributed by atoms with van der Waals surface area (Å²) < 4.78 is 31.4. The molecule has 1 saturated heterocycles. The average Bonchev–Trinajstić information content (AvgIpc) is 3.35. The highest BCUT2D eigenvalue weighted by Gasteiger charge is 2.37. The topological polar surface area (TPSA) is 68.0 Å². The van der Waals surface area contributed by atoms with Crippen LogP contribution in [0.15, 0.2) is 60.9 Å². The Morgan fingerprint density at radius 3 is 2.56 bits per heavy atom. The van der Waals surface area contributed by atoms with Crippen LogP contribution in [0.4, 0.5) is 8.78 Å². The number of hydrogen-bond donors (Lipinski definition) is 1. The van der Waals surface area contributed by atoms with Crippen molar-refractivity contribution in [2.45, 2.75) is 38.1 Å². The summed E-state index contributed by atoms with van der Waals surface area (Å²) in [6, 6.07) is 13.6. The van der Waals surface area contributed by atoms with E-state index < -0.39 is 11.6 Å². The van der Waals surface area contributed by atoms with Crippen LogP contribution in [0.1, 0.15) is 35.6 Å². The molecule has 0 unspecified atom stereocenters. The van der Waals surface area contributed by atoms with Crippen molar-refractivity contribution < 1.29 is 13.6 Å². The molecule has 2 atom stereocenters. The number of nitrogens with zero attached hydrogens (tertiary/aromatic N) is 5. The zero-order chi connectivity index (χ0) is 27.1. The lowest BCUT2D eigenvalue weighted by Gasteiger charge is -2.21. The van der Waals surface area contributed by atoms with Crippen LogP contribution in [0.5, 0.6) is 0 Å². The van der Waals surface area contributed by atoms with Gasteiger partial charge in [0.1, 0.15) is 0 Å². The minimum Gasteiger partial charge on any atom is -0.351 e. The number of rotatable bonds is 8. The van der Waals surface area contributed by atoms with Crippen molar-refractivity contribution >= 4 is 5.91 Å². The minimum absolute atomic E-state index is 0.117. The summed E-state index contributed by atoms with van der Waals surface area (Å²) >= 11 is 0. The molecule has 0 radical (unpaired) electrons. The van der Waals surface area contributed by atoms with E-state index in [9.17, 15) is 13.6 Å². The number of benzene rings is 2. The van der Waals surface area contributed by atoms with Crippen LogP contribution < -0.4 is 5.32 Å². The van der Waals surface area contributed by atoms with Crippen LogP contribution in [0, 0.1) is 24.5 Å². The van der Waals surface area contributed by atoms with E-state index in [4.69, 9.17) is 5.10 Å². The molecule has 1 aliphatic heterocycles. The Morgan fingerprint density at radius 1 is 1.08 bits per heavy atom. The van der Waals surface area contributed by atoms with Crippen LogP contribution in [0.2, 0.25) is 0 Å². The highest BCUT2D eigenvalue weighted by Crippen LogP contribution is 2.35. The van der Waals surface area contributed by atoms with E-state index in [0.717, 1.165) is 34.7 Å². The van der Waals surface area contributed by atoms with Gasteiger partial charge in [0.05, 0.1) is 29.7 Å². The third-order valence-electron chi connectivity index (χ3n) is 7.88. The Labute approximate surface area is 226 Å². The summed E-state index contributed by atoms with van der Waals surface area (Å²) in [5, 5.41) is 12.4. The van der Waals surface area contributed by atoms with Crippen LogP contribution in [0.3, 0.4) is 0 Å². The number of hydrogen-bond acceptors (Lipinski definition) is 4. The van der Waals surface area contributed by atoms with E-state index in [-0.39, 0.29) is 24.3 Å². The average molecular weight is 531 g/mol. The Morgan fingerprint density at radius 2 is 1.87 bits per heavy atom. The highest BCUT2D eigenvalue weighted by molar-refractivity contribution is 5.80. The minimum atomic E-state index is -0.860. The van der Waals surface area contributed by atoms with Crippen LogP contribution in [0.25, 0.3) is 16.9 Å². The molecule has 1 aliphatic carbocycles. The van der Waals surface area contributed by atoms with Crippen molar-refractivity contribution in [1.29, 1.82) is 0 Å². The maximum atomic E-state index is 14.1. The summed E-state index contributed by atoms with van der Waals surface area (Å²) in [6.07, 6.45) is 6.27. The van der Waals surface area contributed by atoms with Crippen LogP contribution >= 0.6 is 0 Å². The van der Waals surface area contributed by atoms with Gasteiger partial charge in [-0.25, -0.2) is 13.5 Å². The lowest BCUT2D eigenvalue weighted by atomic mass is 9.94. The van der Waals surface area contributed by atoms with Crippen molar-refractivity contribution in [3.8, 4) is 16.9 Å². The number of likely N-dealkylation sites (tertiary alicyclic amines) is 1. The van der Waals surface area contributed by atoms with E-state index >= 15 is 0 Å². The quantitative estimate of drug-likeness (QED) is 0.367. The molecule has 9 heteroatoms. The highest BCUT2D eigenvalue weighted by atomic mass is 19.2. The second kappa shape index (κ2) is 10.4. The molecule has 202 valence electrons. The number of carbonyl (C=O) groups excluding carboxylic acids is 1. The van der Waals surface area contributed by atoms with Gasteiger partial charge in [0.2, 0.25) is 5.91 Å². The van der Waals surface area contributed by atoms with E-state index in [1.54, 1.807) is 16.9 Å². The van der Waals surface area contributed by atoms with Crippen molar-refractivity contribution in [1.82, 2.24) is 29.8 Å². The summed E-state index contributed by atoms with van der Waals surface area (Å²) in [7, 11) is 1.86. The standard InChI is InChI=1S/C30H32F2N6O/c1-19-28(38(23-6-4-3-5-7-23)35-30(19)22-14-33-36(2)16-22)13-29(39)34-27-18-37(15-20-8-9-20)17-24(27)21-10-11-25(31)26(32)12-21/h3-7,10-12,14,16,20,24,27H,8-9,13,15,17-18H2,1-2H3,(H,34,39)/t24-,27+/m0/s1. The third-order valence-corrected chi connectivity index (χ3v) is 7.88. The zero-order valence-electron chi connectivity index (χ0n) is 22.1. The molecular formula is C30H32F2N6O. The van der Waals surface area contributed by atoms with Crippen LogP contribution in [-0.4, -0.2) is 56.0 Å². The fraction of sp³-hybridized carbons (Fsp3) is 0.367. The molecule has 0 spiro atoms. The van der Waals surface area contributed by atoms with Crippen molar-refractivity contribution in [3.63, 3.8) is 0 Å². The number of aryl methyl sites for hydroxylation is 1. The van der Waals surface area contributed by atoms with Gasteiger partial charge in [0.15, 0.2) is 11.6 Å². The first-order valence-electron chi connectivity index (χ1n) is 13.5. The molecule has 39 heavy (non-hydrogen) atoms. The van der Waals surface area contributed by atoms with Gasteiger partial charge in [-0.15, -0.1) is 0 Å². The molecule has 2 aromatic heterocycles. The molecule has 0 bridgehead atoms. The molecular weight excluding hydrogens is 498 g/mol. The maximum absolute atomic E-state index is 14.1. The third kappa shape index (κ3) is 5.36. The molecule has 4 aromatic rings. The number of nitrogens with one attached hydrogen (secondary N) is 1. The van der Waals surface area contributed by atoms with E-state index in [0.29, 0.717) is 24.6 Å². The molecule has 3 heterocycles. The molecule has 2 aromatic carbocycles. The monoisotopic (exact) mass is 530 g/mol. The first-order valence-corrected chi connectivity index (χ1v) is 13.5. The second-order valence-corrected chi connectivity index (χ2v) is 10.9. The fourth-order valence-electron chi connectivity index (χ4n) is 5.68. The second-order valence-electron chi connectivity index (χ2n) is 10.9. The van der Waals surface area contributed by atoms with Gasteiger partial charge in [-0.05, 0) is 61.1 Å². The number of aromatic nitrogens is 4. The Hall–Kier alpha value is -3.85. The molecule has 6 rings (SSSR count). The molecule has 2 fully saturated rings. The van der Waals surface area contributed by atoms with Gasteiger partial charge in [0.25, 0.3) is 0 Å². The first kappa shape index (κ1) is 25.4. The zero-order valence-corrected chi connectivity index (χ0v) is 22.1. The van der Waals surface area contributed by atoms with E-state index in [2.05, 4.69) is 15.3 Å². The van der Waals surface area contributed by atoms with Gasteiger partial charge in [-0.3, -0.25) is 9.48 Å². The van der Waals surface area contributed by atoms with Gasteiger partial charge in [0, 0.05) is 50.4 Å². The molecule has 1 saturated carbocycles. The molecule has 1 N–H and O–H groups in total. The smallest absolute Gasteiger partial charge is 0.226 e. The summed E-state index contributed by atoms with van der Waals surface area (Å²) in [4.78, 5) is 15.9. The Bertz CT molecular complexity index is 1490. The van der Waals surface area contributed by atoms with Gasteiger partial charge >= 0.3 is 0 Å². The van der Waals surface area contributed by atoms with Crippen molar-refractivity contribution in [2.75, 3.05) is 19.6 Å². The largest absolute Gasteiger partial charge is 0.351 e. The summed E-state index contributed by atoms with van der Waals surface area (Å²) in [5.41, 5.74) is 4.97. The Kier molecular flexibility index (Phi) is 6.76. The number of amides is 1. The number of para-hydroxylation sites is 1. The summed E-state index contributed by atoms with van der Waals surface area (Å²) in [5.74, 6) is -1.27. The maximum Gasteiger partial charge on any atom is 0.226 e. The van der Waals surface area contributed by atoms with Gasteiger partial charge in [-0.2, -0.15) is 10.2 Å². The van der Waals surface area contributed by atoms with Crippen molar-refractivity contribution in [2.24, 2.45) is 13.0 Å². The van der Waals surface area contributed by atoms with Gasteiger partial charge < -0.3 is 10.2 Å². The van der Waals surface area contributed by atoms with Crippen molar-refractivity contribution in [3.05, 3.63) is 89.4 Å². The lowest BCUT2D eigenvalue weighted by molar-refractivity contribution is -0.121. The van der Waals surface area contributed by atoms with E-state index in [1.807, 2.05) is 55.2 Å². The van der Waals surface area contributed by atoms with Crippen LogP contribution in [-0.2, 0) is 18.3 Å². The summed E-state index contributed by atoms with van der Waals surface area (Å²) in [6.45, 7) is 4.34. The lowest BCUT2D eigenvalue weighted by Crippen LogP contribution is -2.41. The fourth-order valence-corrected chi connectivity index (χ4v) is 5.68. The molecule has 7 nitrogen and oxygen atoms in total. The molecule has 2 aliphatic rings. The molecule has 1 amide bonds. The SMILES string of the molecule is Cc1c(-c2cnn(C)c2)nn(-c2ccccc2)c1CC(=O)N[C@@H]1CN(CC2CC2)C[C@H]1c1ccc(F)c(F)c1.